The first-order valence-corrected chi connectivity index (χ1v) is 7.26. The van der Waals surface area contributed by atoms with Crippen molar-refractivity contribution in [3.8, 4) is 0 Å². The number of anilines is 2. The molecule has 1 fully saturated rings. The van der Waals surface area contributed by atoms with E-state index >= 15 is 0 Å². The van der Waals surface area contributed by atoms with Crippen LogP contribution in [0.25, 0.3) is 0 Å². The maximum atomic E-state index is 10.9. The zero-order valence-corrected chi connectivity index (χ0v) is 12.1. The second kappa shape index (κ2) is 6.54. The lowest BCUT2D eigenvalue weighted by atomic mass is 10.2. The molecular formula is C14H23N5O. The number of amides is 1. The first-order valence-electron chi connectivity index (χ1n) is 7.26. The molecule has 1 amide bonds. The first-order chi connectivity index (χ1) is 9.58. The van der Waals surface area contributed by atoms with Gasteiger partial charge in [0.1, 0.15) is 17.5 Å². The Bertz CT molecular complexity index is 473. The summed E-state index contributed by atoms with van der Waals surface area (Å²) in [6.45, 7) is 4.92. The molecule has 0 saturated heterocycles. The lowest BCUT2D eigenvalue weighted by Crippen LogP contribution is -2.24. The molecule has 1 heterocycles. The van der Waals surface area contributed by atoms with Crippen LogP contribution in [0.4, 0.5) is 11.6 Å². The Morgan fingerprint density at radius 1 is 1.45 bits per heavy atom. The van der Waals surface area contributed by atoms with Gasteiger partial charge in [-0.05, 0) is 26.2 Å². The largest absolute Gasteiger partial charge is 0.370 e. The van der Waals surface area contributed by atoms with Crippen molar-refractivity contribution in [3.05, 3.63) is 11.9 Å². The van der Waals surface area contributed by atoms with Crippen molar-refractivity contribution in [2.75, 3.05) is 17.2 Å². The molecule has 1 unspecified atom stereocenters. The summed E-state index contributed by atoms with van der Waals surface area (Å²) in [6.07, 6.45) is 3.66. The number of carbonyl (C=O) groups is 1. The van der Waals surface area contributed by atoms with Crippen LogP contribution in [0.1, 0.15) is 51.3 Å². The van der Waals surface area contributed by atoms with Gasteiger partial charge in [0.15, 0.2) is 0 Å². The molecule has 0 spiro atoms. The quantitative estimate of drug-likeness (QED) is 0.674. The second-order valence-electron chi connectivity index (χ2n) is 5.41. The van der Waals surface area contributed by atoms with E-state index < -0.39 is 0 Å². The number of nitrogens with one attached hydrogen (secondary N) is 2. The molecule has 1 saturated carbocycles. The number of primary amides is 1. The van der Waals surface area contributed by atoms with E-state index in [1.54, 1.807) is 0 Å². The van der Waals surface area contributed by atoms with Crippen LogP contribution in [0.15, 0.2) is 6.07 Å². The third kappa shape index (κ3) is 4.36. The summed E-state index contributed by atoms with van der Waals surface area (Å²) in [5.41, 5.74) is 5.21. The van der Waals surface area contributed by atoms with E-state index in [4.69, 9.17) is 5.73 Å². The average Bonchev–Trinajstić information content (AvgIpc) is 3.19. The molecule has 110 valence electrons. The normalized spacial score (nSPS) is 15.7. The molecule has 0 aromatic carbocycles. The number of carbonyl (C=O) groups excluding carboxylic acids is 1. The van der Waals surface area contributed by atoms with Gasteiger partial charge in [0.2, 0.25) is 5.91 Å². The summed E-state index contributed by atoms with van der Waals surface area (Å²) >= 11 is 0. The fourth-order valence-electron chi connectivity index (χ4n) is 2.01. The third-order valence-electron chi connectivity index (χ3n) is 3.14. The van der Waals surface area contributed by atoms with Crippen molar-refractivity contribution >= 4 is 17.5 Å². The fraction of sp³-hybridized carbons (Fsp3) is 0.643. The lowest BCUT2D eigenvalue weighted by Gasteiger charge is -2.15. The number of hydrogen-bond acceptors (Lipinski definition) is 5. The molecule has 4 N–H and O–H groups in total. The van der Waals surface area contributed by atoms with Crippen molar-refractivity contribution in [2.24, 2.45) is 5.73 Å². The number of nitrogens with two attached hydrogens (primary N) is 1. The molecular weight excluding hydrogens is 254 g/mol. The Labute approximate surface area is 119 Å². The molecule has 2 rings (SSSR count). The highest BCUT2D eigenvalue weighted by atomic mass is 16.1. The SMILES string of the molecule is CCCNc1cc(NC(C)CC(N)=O)nc(C2CC2)n1. The molecule has 1 aliphatic carbocycles. The van der Waals surface area contributed by atoms with Gasteiger partial charge >= 0.3 is 0 Å². The van der Waals surface area contributed by atoms with E-state index in [0.717, 1.165) is 43.3 Å². The van der Waals surface area contributed by atoms with E-state index in [0.29, 0.717) is 12.3 Å². The van der Waals surface area contributed by atoms with Crippen LogP contribution in [0.3, 0.4) is 0 Å². The average molecular weight is 277 g/mol. The fourth-order valence-corrected chi connectivity index (χ4v) is 2.01. The molecule has 6 heteroatoms. The molecule has 1 aromatic rings. The maximum Gasteiger partial charge on any atom is 0.219 e. The molecule has 0 bridgehead atoms. The molecule has 1 aliphatic rings. The highest BCUT2D eigenvalue weighted by molar-refractivity contribution is 5.74. The standard InChI is InChI=1S/C14H23N5O/c1-3-6-16-12-8-13(17-9(2)7-11(15)20)19-14(18-12)10-4-5-10/h8-10H,3-7H2,1-2H3,(H2,15,20)(H2,16,17,18,19). The van der Waals surface area contributed by atoms with Crippen LogP contribution in [-0.2, 0) is 4.79 Å². The Kier molecular flexibility index (Phi) is 4.76. The predicted molar refractivity (Wildman–Crippen MR) is 79.7 cm³/mol. The predicted octanol–water partition coefficient (Wildman–Crippen LogP) is 1.85. The lowest BCUT2D eigenvalue weighted by molar-refractivity contribution is -0.118. The van der Waals surface area contributed by atoms with Crippen LogP contribution in [-0.4, -0.2) is 28.5 Å². The van der Waals surface area contributed by atoms with Gasteiger partial charge in [-0.1, -0.05) is 6.92 Å². The molecule has 0 aliphatic heterocycles. The van der Waals surface area contributed by atoms with Gasteiger partial charge in [-0.15, -0.1) is 0 Å². The van der Waals surface area contributed by atoms with Gasteiger partial charge in [0.25, 0.3) is 0 Å². The van der Waals surface area contributed by atoms with Crippen molar-refractivity contribution in [2.45, 2.75) is 51.5 Å². The monoisotopic (exact) mass is 277 g/mol. The summed E-state index contributed by atoms with van der Waals surface area (Å²) < 4.78 is 0. The summed E-state index contributed by atoms with van der Waals surface area (Å²) in [4.78, 5) is 20.0. The zero-order valence-electron chi connectivity index (χ0n) is 12.1. The van der Waals surface area contributed by atoms with Gasteiger partial charge in [-0.3, -0.25) is 4.79 Å². The smallest absolute Gasteiger partial charge is 0.219 e. The van der Waals surface area contributed by atoms with E-state index in [1.165, 1.54) is 0 Å². The summed E-state index contributed by atoms with van der Waals surface area (Å²) in [5.74, 6) is 2.67. The number of rotatable bonds is 8. The van der Waals surface area contributed by atoms with Gasteiger partial charge in [0.05, 0.1) is 0 Å². The van der Waals surface area contributed by atoms with Crippen LogP contribution in [0, 0.1) is 0 Å². The van der Waals surface area contributed by atoms with Crippen molar-refractivity contribution in [1.29, 1.82) is 0 Å². The molecule has 0 radical (unpaired) electrons. The third-order valence-corrected chi connectivity index (χ3v) is 3.14. The Balaban J connectivity index is 2.09. The van der Waals surface area contributed by atoms with Gasteiger partial charge < -0.3 is 16.4 Å². The first kappa shape index (κ1) is 14.6. The van der Waals surface area contributed by atoms with E-state index in [1.807, 2.05) is 13.0 Å². The van der Waals surface area contributed by atoms with Gasteiger partial charge in [0, 0.05) is 31.0 Å². The van der Waals surface area contributed by atoms with E-state index in [-0.39, 0.29) is 11.9 Å². The van der Waals surface area contributed by atoms with Gasteiger partial charge in [-0.25, -0.2) is 9.97 Å². The summed E-state index contributed by atoms with van der Waals surface area (Å²) in [6, 6.07) is 1.85. The minimum absolute atomic E-state index is 0.0338. The van der Waals surface area contributed by atoms with Crippen LogP contribution in [0.5, 0.6) is 0 Å². The minimum atomic E-state index is -0.314. The number of aromatic nitrogens is 2. The highest BCUT2D eigenvalue weighted by Crippen LogP contribution is 2.38. The van der Waals surface area contributed by atoms with Gasteiger partial charge in [-0.2, -0.15) is 0 Å². The zero-order chi connectivity index (χ0) is 14.5. The Morgan fingerprint density at radius 3 is 2.75 bits per heavy atom. The number of nitrogens with zero attached hydrogens (tertiary/aromatic N) is 2. The molecule has 1 aromatic heterocycles. The molecule has 6 nitrogen and oxygen atoms in total. The van der Waals surface area contributed by atoms with Crippen LogP contribution < -0.4 is 16.4 Å². The van der Waals surface area contributed by atoms with Crippen LogP contribution >= 0.6 is 0 Å². The number of hydrogen-bond donors (Lipinski definition) is 3. The highest BCUT2D eigenvalue weighted by Gasteiger charge is 2.27. The minimum Gasteiger partial charge on any atom is -0.370 e. The maximum absolute atomic E-state index is 10.9. The summed E-state index contributed by atoms with van der Waals surface area (Å²) in [7, 11) is 0. The molecule has 1 atom stereocenters. The van der Waals surface area contributed by atoms with Crippen molar-refractivity contribution in [3.63, 3.8) is 0 Å². The topological polar surface area (TPSA) is 92.9 Å². The summed E-state index contributed by atoms with van der Waals surface area (Å²) in [5, 5.41) is 6.51. The molecule has 20 heavy (non-hydrogen) atoms. The second-order valence-corrected chi connectivity index (χ2v) is 5.41. The Hall–Kier alpha value is -1.85. The van der Waals surface area contributed by atoms with E-state index in [2.05, 4.69) is 27.5 Å². The van der Waals surface area contributed by atoms with Crippen molar-refractivity contribution < 1.29 is 4.79 Å². The van der Waals surface area contributed by atoms with Crippen LogP contribution in [0.2, 0.25) is 0 Å². The Morgan fingerprint density at radius 2 is 2.15 bits per heavy atom. The van der Waals surface area contributed by atoms with E-state index in [9.17, 15) is 4.79 Å². The van der Waals surface area contributed by atoms with Crippen molar-refractivity contribution in [1.82, 2.24) is 9.97 Å².